The van der Waals surface area contributed by atoms with Crippen molar-refractivity contribution in [3.8, 4) is 11.1 Å². The molecule has 0 aliphatic carbocycles. The van der Waals surface area contributed by atoms with Crippen LogP contribution >= 0.6 is 11.6 Å². The maximum absolute atomic E-state index is 14.2. The SMILES string of the molecule is Cn1c(CO)nc2c(Cl)c(-c3cccn4c(C(=O)c5cc(F)c(N)c(F)c5)ccc34)c(C(F)(F)F)cc21. The number of carbonyl (C=O) groups excluding carboxylic acids is 1. The Bertz CT molecular complexity index is 1720. The summed E-state index contributed by atoms with van der Waals surface area (Å²) in [7, 11) is 1.46. The summed E-state index contributed by atoms with van der Waals surface area (Å²) in [4.78, 5) is 17.3. The summed E-state index contributed by atoms with van der Waals surface area (Å²) in [5.74, 6) is -2.88. The molecule has 190 valence electrons. The normalized spacial score (nSPS) is 12.1. The van der Waals surface area contributed by atoms with Gasteiger partial charge in [0.05, 0.1) is 27.3 Å². The molecule has 37 heavy (non-hydrogen) atoms. The summed E-state index contributed by atoms with van der Waals surface area (Å²) in [5, 5.41) is 9.24. The number of nitrogens with two attached hydrogens (primary N) is 1. The van der Waals surface area contributed by atoms with Crippen molar-refractivity contribution in [3.05, 3.63) is 88.0 Å². The third-order valence-corrected chi connectivity index (χ3v) is 6.56. The fourth-order valence-corrected chi connectivity index (χ4v) is 4.70. The largest absolute Gasteiger partial charge is 0.417 e. The van der Waals surface area contributed by atoms with Crippen molar-refractivity contribution in [2.45, 2.75) is 12.8 Å². The number of nitrogens with zero attached hydrogens (tertiary/aromatic N) is 3. The van der Waals surface area contributed by atoms with Gasteiger partial charge in [-0.25, -0.2) is 13.8 Å². The standard InChI is InChI=1S/C25H16ClF5N4O2/c1-34-18-9-13(25(29,30)31)20(21(26)23(18)33-19(34)10-36)12-3-2-6-35-16(12)4-5-17(35)24(37)11-7-14(27)22(32)15(28)8-11/h2-9,36H,10,32H2,1H3. The highest BCUT2D eigenvalue weighted by molar-refractivity contribution is 6.38. The Kier molecular flexibility index (Phi) is 5.72. The van der Waals surface area contributed by atoms with E-state index in [2.05, 4.69) is 4.98 Å². The zero-order valence-electron chi connectivity index (χ0n) is 18.9. The third-order valence-electron chi connectivity index (χ3n) is 6.19. The van der Waals surface area contributed by atoms with E-state index in [0.29, 0.717) is 0 Å². The second kappa shape index (κ2) is 8.56. The van der Waals surface area contributed by atoms with E-state index >= 15 is 0 Å². The van der Waals surface area contributed by atoms with Crippen LogP contribution in [0.2, 0.25) is 5.02 Å². The minimum atomic E-state index is -4.81. The van der Waals surface area contributed by atoms with Crippen LogP contribution in [0.1, 0.15) is 27.4 Å². The topological polar surface area (TPSA) is 85.5 Å². The first-order valence-electron chi connectivity index (χ1n) is 10.7. The number of hydrogen-bond acceptors (Lipinski definition) is 4. The van der Waals surface area contributed by atoms with Gasteiger partial charge < -0.3 is 19.8 Å². The summed E-state index contributed by atoms with van der Waals surface area (Å²) in [5.41, 5.74) is 3.14. The predicted molar refractivity (Wildman–Crippen MR) is 127 cm³/mol. The molecule has 3 N–H and O–H groups in total. The van der Waals surface area contributed by atoms with Crippen LogP contribution in [0.3, 0.4) is 0 Å². The molecule has 0 unspecified atom stereocenters. The fourth-order valence-electron chi connectivity index (χ4n) is 4.36. The molecule has 5 aromatic rings. The van der Waals surface area contributed by atoms with Gasteiger partial charge in [0.15, 0.2) is 0 Å². The second-order valence-corrected chi connectivity index (χ2v) is 8.68. The zero-order chi connectivity index (χ0) is 26.8. The lowest BCUT2D eigenvalue weighted by Crippen LogP contribution is -2.10. The van der Waals surface area contributed by atoms with E-state index in [1.165, 1.54) is 46.5 Å². The maximum atomic E-state index is 14.2. The van der Waals surface area contributed by atoms with Crippen LogP contribution in [0.4, 0.5) is 27.6 Å². The molecule has 0 saturated heterocycles. The molecule has 0 spiro atoms. The van der Waals surface area contributed by atoms with Crippen molar-refractivity contribution >= 4 is 39.6 Å². The summed E-state index contributed by atoms with van der Waals surface area (Å²) in [6.07, 6.45) is -3.38. The molecule has 0 bridgehead atoms. The van der Waals surface area contributed by atoms with Gasteiger partial charge in [0.2, 0.25) is 5.78 Å². The van der Waals surface area contributed by atoms with Gasteiger partial charge in [0, 0.05) is 29.9 Å². The molecule has 0 aliphatic heterocycles. The van der Waals surface area contributed by atoms with Gasteiger partial charge in [0.1, 0.15) is 35.3 Å². The number of imidazole rings is 1. The number of hydrogen-bond donors (Lipinski definition) is 2. The summed E-state index contributed by atoms with van der Waals surface area (Å²) in [6, 6.07) is 8.04. The summed E-state index contributed by atoms with van der Waals surface area (Å²) in [6.45, 7) is -0.510. The van der Waals surface area contributed by atoms with Crippen molar-refractivity contribution in [1.82, 2.24) is 14.0 Å². The molecule has 0 radical (unpaired) electrons. The first-order valence-corrected chi connectivity index (χ1v) is 11.1. The Morgan fingerprint density at radius 2 is 1.78 bits per heavy atom. The lowest BCUT2D eigenvalue weighted by atomic mass is 9.97. The number of fused-ring (bicyclic) bond motifs is 2. The average molecular weight is 535 g/mol. The number of aliphatic hydroxyl groups excluding tert-OH is 1. The highest BCUT2D eigenvalue weighted by Gasteiger charge is 2.37. The van der Waals surface area contributed by atoms with Crippen molar-refractivity contribution in [1.29, 1.82) is 0 Å². The molecule has 6 nitrogen and oxygen atoms in total. The number of nitrogen functional groups attached to an aromatic ring is 1. The number of benzene rings is 2. The van der Waals surface area contributed by atoms with E-state index < -0.39 is 41.5 Å². The Balaban J connectivity index is 1.76. The molecule has 3 aromatic heterocycles. The van der Waals surface area contributed by atoms with Gasteiger partial charge in [-0.05, 0) is 36.4 Å². The quantitative estimate of drug-likeness (QED) is 0.175. The van der Waals surface area contributed by atoms with Crippen LogP contribution in [-0.2, 0) is 19.8 Å². The Morgan fingerprint density at radius 1 is 1.11 bits per heavy atom. The second-order valence-electron chi connectivity index (χ2n) is 8.30. The molecular formula is C25H16ClF5N4O2. The van der Waals surface area contributed by atoms with Crippen molar-refractivity contribution in [2.24, 2.45) is 7.05 Å². The first-order chi connectivity index (χ1) is 17.4. The van der Waals surface area contributed by atoms with E-state index in [1.54, 1.807) is 0 Å². The van der Waals surface area contributed by atoms with Gasteiger partial charge in [-0.15, -0.1) is 0 Å². The number of halogens is 6. The number of aryl methyl sites for hydroxylation is 1. The Hall–Kier alpha value is -3.96. The number of rotatable bonds is 4. The lowest BCUT2D eigenvalue weighted by molar-refractivity contribution is -0.137. The monoisotopic (exact) mass is 534 g/mol. The number of anilines is 1. The lowest BCUT2D eigenvalue weighted by Gasteiger charge is -2.17. The van der Waals surface area contributed by atoms with Crippen LogP contribution in [0.25, 0.3) is 27.7 Å². The van der Waals surface area contributed by atoms with Crippen LogP contribution < -0.4 is 5.73 Å². The van der Waals surface area contributed by atoms with Gasteiger partial charge in [-0.3, -0.25) is 4.79 Å². The van der Waals surface area contributed by atoms with E-state index in [1.807, 2.05) is 0 Å². The Labute approximate surface area is 210 Å². The summed E-state index contributed by atoms with van der Waals surface area (Å²) < 4.78 is 73.3. The average Bonchev–Trinajstić information content (AvgIpc) is 3.42. The van der Waals surface area contributed by atoms with Crippen molar-refractivity contribution in [2.75, 3.05) is 5.73 Å². The van der Waals surface area contributed by atoms with Crippen molar-refractivity contribution < 1.29 is 31.9 Å². The van der Waals surface area contributed by atoms with Gasteiger partial charge >= 0.3 is 6.18 Å². The van der Waals surface area contributed by atoms with Crippen molar-refractivity contribution in [3.63, 3.8) is 0 Å². The number of alkyl halides is 3. The molecule has 2 aromatic carbocycles. The molecule has 12 heteroatoms. The van der Waals surface area contributed by atoms with Gasteiger partial charge in [-0.1, -0.05) is 17.7 Å². The zero-order valence-corrected chi connectivity index (χ0v) is 19.6. The fraction of sp³-hybridized carbons (Fsp3) is 0.120. The van der Waals surface area contributed by atoms with E-state index in [0.717, 1.165) is 18.2 Å². The third kappa shape index (κ3) is 3.82. The first kappa shape index (κ1) is 24.7. The molecule has 0 fully saturated rings. The molecule has 0 amide bonds. The minimum absolute atomic E-state index is 0.0478. The molecule has 0 atom stereocenters. The van der Waals surface area contributed by atoms with E-state index in [9.17, 15) is 31.9 Å². The maximum Gasteiger partial charge on any atom is 0.417 e. The molecule has 0 aliphatic rings. The number of pyridine rings is 1. The molecule has 5 rings (SSSR count). The number of ketones is 1. The summed E-state index contributed by atoms with van der Waals surface area (Å²) >= 11 is 6.52. The smallest absolute Gasteiger partial charge is 0.394 e. The highest BCUT2D eigenvalue weighted by atomic mass is 35.5. The van der Waals surface area contributed by atoms with Crippen LogP contribution in [-0.4, -0.2) is 24.8 Å². The predicted octanol–water partition coefficient (Wildman–Crippen LogP) is 5.75. The molecule has 3 heterocycles. The van der Waals surface area contributed by atoms with Crippen LogP contribution in [0.5, 0.6) is 0 Å². The van der Waals surface area contributed by atoms with Gasteiger partial charge in [-0.2, -0.15) is 13.2 Å². The van der Waals surface area contributed by atoms with Crippen LogP contribution in [0.15, 0.2) is 48.7 Å². The van der Waals surface area contributed by atoms with E-state index in [4.69, 9.17) is 17.3 Å². The highest BCUT2D eigenvalue weighted by Crippen LogP contribution is 2.45. The minimum Gasteiger partial charge on any atom is -0.394 e. The number of aliphatic hydroxyl groups is 1. The van der Waals surface area contributed by atoms with Gasteiger partial charge in [0.25, 0.3) is 0 Å². The van der Waals surface area contributed by atoms with E-state index in [-0.39, 0.29) is 49.8 Å². The van der Waals surface area contributed by atoms with Crippen LogP contribution in [0, 0.1) is 11.6 Å². The Morgan fingerprint density at radius 3 is 2.41 bits per heavy atom. The number of carbonyl (C=O) groups is 1. The molecule has 0 saturated carbocycles. The molecular weight excluding hydrogens is 519 g/mol. The number of aromatic nitrogens is 3.